The van der Waals surface area contributed by atoms with E-state index >= 15 is 0 Å². The van der Waals surface area contributed by atoms with Crippen molar-refractivity contribution in [3.8, 4) is 10.9 Å². The molecule has 0 amide bonds. The van der Waals surface area contributed by atoms with Crippen LogP contribution in [0.15, 0.2) is 0 Å². The molecule has 0 atom stereocenters. The van der Waals surface area contributed by atoms with Gasteiger partial charge in [-0.1, -0.05) is 0 Å². The van der Waals surface area contributed by atoms with Gasteiger partial charge in [-0.15, -0.1) is 12.4 Å². The van der Waals surface area contributed by atoms with Crippen molar-refractivity contribution in [1.82, 2.24) is 4.37 Å². The molecule has 0 aliphatic rings. The predicted octanol–water partition coefficient (Wildman–Crippen LogP) is 1.04. The zero-order valence-electron chi connectivity index (χ0n) is 6.86. The van der Waals surface area contributed by atoms with Crippen molar-refractivity contribution in [3.63, 3.8) is 0 Å². The summed E-state index contributed by atoms with van der Waals surface area (Å²) in [5, 5.41) is 0.726. The van der Waals surface area contributed by atoms with Crippen LogP contribution in [0.4, 0.5) is 0 Å². The average molecular weight is 211 g/mol. The molecule has 0 bridgehead atoms. The standard InChI is InChI=1S/C6H10N2O2S.ClH/c1-9-5-4(3-7)6(10-2)11-8-5;/h3,7H2,1-2H3;1H. The average Bonchev–Trinajstić information content (AvgIpc) is 2.45. The minimum Gasteiger partial charge on any atom is -0.486 e. The van der Waals surface area contributed by atoms with Crippen molar-refractivity contribution in [2.24, 2.45) is 5.73 Å². The largest absolute Gasteiger partial charge is 0.486 e. The summed E-state index contributed by atoms with van der Waals surface area (Å²) < 4.78 is 14.0. The number of methoxy groups -OCH3 is 2. The van der Waals surface area contributed by atoms with Crippen molar-refractivity contribution >= 4 is 23.9 Å². The first-order chi connectivity index (χ1) is 5.33. The fraction of sp³-hybridized carbons (Fsp3) is 0.500. The Morgan fingerprint density at radius 3 is 2.50 bits per heavy atom. The number of nitrogens with two attached hydrogens (primary N) is 1. The lowest BCUT2D eigenvalue weighted by atomic mass is 10.3. The van der Waals surface area contributed by atoms with E-state index in [1.165, 1.54) is 11.5 Å². The molecule has 70 valence electrons. The molecule has 1 aromatic rings. The molecule has 0 unspecified atom stereocenters. The van der Waals surface area contributed by atoms with Gasteiger partial charge in [0.15, 0.2) is 0 Å². The third-order valence-electron chi connectivity index (χ3n) is 1.30. The Balaban J connectivity index is 0.00000121. The van der Waals surface area contributed by atoms with Gasteiger partial charge >= 0.3 is 0 Å². The summed E-state index contributed by atoms with van der Waals surface area (Å²) in [7, 11) is 3.15. The fourth-order valence-electron chi connectivity index (χ4n) is 0.772. The van der Waals surface area contributed by atoms with Crippen molar-refractivity contribution in [2.45, 2.75) is 6.54 Å². The van der Waals surface area contributed by atoms with E-state index in [4.69, 9.17) is 15.2 Å². The minimum atomic E-state index is 0. The summed E-state index contributed by atoms with van der Waals surface area (Å²) in [6, 6.07) is 0. The van der Waals surface area contributed by atoms with E-state index in [-0.39, 0.29) is 12.4 Å². The Hall–Kier alpha value is -0.520. The van der Waals surface area contributed by atoms with Crippen LogP contribution in [0.25, 0.3) is 0 Å². The van der Waals surface area contributed by atoms with Crippen LogP contribution in [0, 0.1) is 0 Å². The molecule has 0 spiro atoms. The Kier molecular flexibility index (Phi) is 4.96. The van der Waals surface area contributed by atoms with Crippen LogP contribution in [0.3, 0.4) is 0 Å². The Bertz CT molecular complexity index is 220. The van der Waals surface area contributed by atoms with Crippen LogP contribution >= 0.6 is 23.9 Å². The van der Waals surface area contributed by atoms with E-state index in [1.54, 1.807) is 14.2 Å². The van der Waals surface area contributed by atoms with Gasteiger partial charge in [0, 0.05) is 18.1 Å². The molecule has 12 heavy (non-hydrogen) atoms. The first kappa shape index (κ1) is 11.5. The van der Waals surface area contributed by atoms with Crippen LogP contribution in [0.5, 0.6) is 10.9 Å². The SMILES string of the molecule is COc1nsc(OC)c1CN.Cl. The summed E-state index contributed by atoms with van der Waals surface area (Å²) in [6.45, 7) is 0.392. The molecule has 0 aliphatic carbocycles. The molecule has 0 aromatic carbocycles. The molecule has 4 nitrogen and oxygen atoms in total. The summed E-state index contributed by atoms with van der Waals surface area (Å²) in [4.78, 5) is 0. The second-order valence-electron chi connectivity index (χ2n) is 1.87. The van der Waals surface area contributed by atoms with Crippen molar-refractivity contribution < 1.29 is 9.47 Å². The highest BCUT2D eigenvalue weighted by molar-refractivity contribution is 7.08. The maximum absolute atomic E-state index is 5.45. The number of ether oxygens (including phenoxy) is 2. The van der Waals surface area contributed by atoms with E-state index in [0.29, 0.717) is 12.4 Å². The molecule has 0 saturated carbocycles. The van der Waals surface area contributed by atoms with E-state index < -0.39 is 0 Å². The lowest BCUT2D eigenvalue weighted by Gasteiger charge is -1.99. The third kappa shape index (κ3) is 2.00. The molecule has 1 rings (SSSR count). The first-order valence-corrected chi connectivity index (χ1v) is 3.87. The first-order valence-electron chi connectivity index (χ1n) is 3.10. The number of nitrogens with zero attached hydrogens (tertiary/aromatic N) is 1. The molecule has 0 aliphatic heterocycles. The lowest BCUT2D eigenvalue weighted by molar-refractivity contribution is 0.388. The monoisotopic (exact) mass is 210 g/mol. The van der Waals surface area contributed by atoms with E-state index in [9.17, 15) is 0 Å². The van der Waals surface area contributed by atoms with E-state index in [0.717, 1.165) is 10.6 Å². The Labute approximate surface area is 81.2 Å². The van der Waals surface area contributed by atoms with Gasteiger partial charge in [-0.25, -0.2) is 0 Å². The highest BCUT2D eigenvalue weighted by atomic mass is 35.5. The molecule has 0 saturated heterocycles. The molecular formula is C6H11ClN2O2S. The highest BCUT2D eigenvalue weighted by Crippen LogP contribution is 2.31. The predicted molar refractivity (Wildman–Crippen MR) is 50.4 cm³/mol. The molecule has 0 radical (unpaired) electrons. The normalized spacial score (nSPS) is 8.92. The van der Waals surface area contributed by atoms with E-state index in [1.807, 2.05) is 0 Å². The summed E-state index contributed by atoms with van der Waals surface area (Å²) in [5.41, 5.74) is 6.29. The van der Waals surface area contributed by atoms with Gasteiger partial charge in [-0.2, -0.15) is 4.37 Å². The van der Waals surface area contributed by atoms with Gasteiger partial charge in [-0.3, -0.25) is 0 Å². The molecule has 2 N–H and O–H groups in total. The minimum absolute atomic E-state index is 0. The van der Waals surface area contributed by atoms with Crippen LogP contribution in [-0.2, 0) is 6.54 Å². The van der Waals surface area contributed by atoms with Gasteiger partial charge in [-0.05, 0) is 0 Å². The Morgan fingerprint density at radius 1 is 1.42 bits per heavy atom. The van der Waals surface area contributed by atoms with Crippen LogP contribution in [-0.4, -0.2) is 18.6 Å². The number of aromatic nitrogens is 1. The van der Waals surface area contributed by atoms with Crippen LogP contribution in [0.2, 0.25) is 0 Å². The van der Waals surface area contributed by atoms with Gasteiger partial charge in [0.2, 0.25) is 10.9 Å². The molecule has 1 aromatic heterocycles. The van der Waals surface area contributed by atoms with Crippen molar-refractivity contribution in [1.29, 1.82) is 0 Å². The zero-order chi connectivity index (χ0) is 8.27. The molecule has 1 heterocycles. The van der Waals surface area contributed by atoms with Gasteiger partial charge in [0.25, 0.3) is 0 Å². The second kappa shape index (κ2) is 5.18. The van der Waals surface area contributed by atoms with Gasteiger partial charge in [0.1, 0.15) is 0 Å². The number of hydrogen-bond donors (Lipinski definition) is 1. The summed E-state index contributed by atoms with van der Waals surface area (Å²) in [5.74, 6) is 0.564. The molecule has 6 heteroatoms. The molecular weight excluding hydrogens is 200 g/mol. The summed E-state index contributed by atoms with van der Waals surface area (Å²) in [6.07, 6.45) is 0. The lowest BCUT2D eigenvalue weighted by Crippen LogP contribution is -1.99. The van der Waals surface area contributed by atoms with Crippen molar-refractivity contribution in [2.75, 3.05) is 14.2 Å². The topological polar surface area (TPSA) is 57.4 Å². The smallest absolute Gasteiger partial charge is 0.233 e. The maximum Gasteiger partial charge on any atom is 0.233 e. The molecule has 0 fully saturated rings. The quantitative estimate of drug-likeness (QED) is 0.810. The zero-order valence-corrected chi connectivity index (χ0v) is 8.50. The number of rotatable bonds is 3. The van der Waals surface area contributed by atoms with Crippen LogP contribution < -0.4 is 15.2 Å². The van der Waals surface area contributed by atoms with E-state index in [2.05, 4.69) is 4.37 Å². The second-order valence-corrected chi connectivity index (χ2v) is 2.60. The number of hydrogen-bond acceptors (Lipinski definition) is 5. The summed E-state index contributed by atoms with van der Waals surface area (Å²) >= 11 is 1.25. The third-order valence-corrected chi connectivity index (χ3v) is 2.13. The van der Waals surface area contributed by atoms with Gasteiger partial charge in [0.05, 0.1) is 19.8 Å². The maximum atomic E-state index is 5.45. The Morgan fingerprint density at radius 2 is 2.08 bits per heavy atom. The number of halogens is 1. The van der Waals surface area contributed by atoms with Crippen molar-refractivity contribution in [3.05, 3.63) is 5.56 Å². The highest BCUT2D eigenvalue weighted by Gasteiger charge is 2.12. The van der Waals surface area contributed by atoms with Gasteiger partial charge < -0.3 is 15.2 Å². The fourth-order valence-corrected chi connectivity index (χ4v) is 1.48. The van der Waals surface area contributed by atoms with Crippen LogP contribution in [0.1, 0.15) is 5.56 Å².